The maximum Gasteiger partial charge on any atom is 0.408 e. The molecule has 0 saturated heterocycles. The van der Waals surface area contributed by atoms with E-state index in [-0.39, 0.29) is 19.1 Å². The van der Waals surface area contributed by atoms with Crippen molar-refractivity contribution >= 4 is 23.8 Å². The van der Waals surface area contributed by atoms with Gasteiger partial charge < -0.3 is 24.8 Å². The lowest BCUT2D eigenvalue weighted by Gasteiger charge is -2.30. The van der Waals surface area contributed by atoms with E-state index >= 15 is 0 Å². The molecule has 2 aromatic carbocycles. The first-order chi connectivity index (χ1) is 19.2. The van der Waals surface area contributed by atoms with Gasteiger partial charge in [-0.15, -0.1) is 0 Å². The minimum absolute atomic E-state index is 0.0521. The van der Waals surface area contributed by atoms with E-state index in [9.17, 15) is 19.2 Å². The number of alkyl carbamates (subject to hydrolysis) is 1. The summed E-state index contributed by atoms with van der Waals surface area (Å²) in [7, 11) is 1.70. The highest BCUT2D eigenvalue weighted by atomic mass is 16.6. The second-order valence-corrected chi connectivity index (χ2v) is 11.3. The Hall–Kier alpha value is -3.72. The minimum atomic E-state index is -1.46. The van der Waals surface area contributed by atoms with Crippen molar-refractivity contribution < 1.29 is 33.4 Å². The average Bonchev–Trinajstić information content (AvgIpc) is 2.93. The summed E-state index contributed by atoms with van der Waals surface area (Å²) in [5, 5.41) is 5.02. The molecule has 0 aliphatic carbocycles. The zero-order valence-corrected chi connectivity index (χ0v) is 25.6. The molecule has 0 aliphatic rings. The van der Waals surface area contributed by atoms with Gasteiger partial charge in [-0.05, 0) is 51.7 Å². The van der Waals surface area contributed by atoms with Crippen molar-refractivity contribution in [1.82, 2.24) is 10.6 Å². The monoisotopic (exact) mass is 570 g/mol. The number of rotatable bonds is 12. The van der Waals surface area contributed by atoms with Gasteiger partial charge in [0.25, 0.3) is 0 Å². The third kappa shape index (κ3) is 13.5. The number of amides is 2. The molecule has 0 fully saturated rings. The molecule has 2 aromatic rings. The maximum absolute atomic E-state index is 13.3. The topological polar surface area (TPSA) is 120 Å². The number of methoxy groups -OCH3 is 1. The molecule has 0 saturated carbocycles. The normalized spacial score (nSPS) is 12.6. The summed E-state index contributed by atoms with van der Waals surface area (Å²) in [5.41, 5.74) is -0.126. The van der Waals surface area contributed by atoms with Gasteiger partial charge in [0.2, 0.25) is 5.91 Å². The fraction of sp³-hybridized carbons (Fsp3) is 0.500. The van der Waals surface area contributed by atoms with Crippen LogP contribution < -0.4 is 10.6 Å². The third-order valence-corrected chi connectivity index (χ3v) is 6.10. The van der Waals surface area contributed by atoms with E-state index in [1.165, 1.54) is 19.4 Å². The molecular formula is C32H46N2O7. The predicted molar refractivity (Wildman–Crippen MR) is 158 cm³/mol. The Balaban J connectivity index is 0.000000787. The number of esters is 1. The molecule has 9 nitrogen and oxygen atoms in total. The van der Waals surface area contributed by atoms with Crippen molar-refractivity contribution in [3.8, 4) is 0 Å². The fourth-order valence-electron chi connectivity index (χ4n) is 3.53. The third-order valence-electron chi connectivity index (χ3n) is 6.10. The molecule has 0 bridgehead atoms. The Kier molecular flexibility index (Phi) is 14.8. The van der Waals surface area contributed by atoms with Crippen molar-refractivity contribution in [3.05, 3.63) is 71.8 Å². The zero-order chi connectivity index (χ0) is 31.1. The van der Waals surface area contributed by atoms with Crippen LogP contribution in [0.5, 0.6) is 0 Å². The number of ketones is 1. The number of nitrogens with one attached hydrogen (secondary N) is 2. The second kappa shape index (κ2) is 17.2. The highest BCUT2D eigenvalue weighted by Crippen LogP contribution is 2.25. The SMILES string of the molecule is CCC(C)C(NC(=O)CNC(=O)OC(C)(C)C)C(=O)C(C)(C)C(=O)OCc1ccccc1.COCc1ccccc1. The number of hydrogen-bond donors (Lipinski definition) is 2. The lowest BCUT2D eigenvalue weighted by atomic mass is 9.79. The van der Waals surface area contributed by atoms with E-state index in [1.54, 1.807) is 27.9 Å². The fourth-order valence-corrected chi connectivity index (χ4v) is 3.53. The maximum atomic E-state index is 13.3. The van der Waals surface area contributed by atoms with Gasteiger partial charge >= 0.3 is 12.1 Å². The first-order valence-electron chi connectivity index (χ1n) is 13.8. The van der Waals surface area contributed by atoms with Gasteiger partial charge in [-0.25, -0.2) is 4.79 Å². The molecule has 0 spiro atoms. The molecule has 0 aliphatic heterocycles. The van der Waals surface area contributed by atoms with Gasteiger partial charge in [-0.2, -0.15) is 0 Å². The molecule has 2 atom stereocenters. The highest BCUT2D eigenvalue weighted by molar-refractivity contribution is 6.06. The van der Waals surface area contributed by atoms with Gasteiger partial charge in [0.15, 0.2) is 5.78 Å². The van der Waals surface area contributed by atoms with E-state index in [1.807, 2.05) is 74.5 Å². The van der Waals surface area contributed by atoms with Crippen LogP contribution in [0.4, 0.5) is 4.79 Å². The van der Waals surface area contributed by atoms with Gasteiger partial charge in [0.05, 0.1) is 12.6 Å². The predicted octanol–water partition coefficient (Wildman–Crippen LogP) is 5.21. The number of carbonyl (C=O) groups is 4. The number of ether oxygens (including phenoxy) is 3. The van der Waals surface area contributed by atoms with E-state index in [0.29, 0.717) is 13.0 Å². The smallest absolute Gasteiger partial charge is 0.408 e. The standard InChI is InChI=1S/C24H36N2O6.C8H10O/c1-8-16(2)19(26-18(27)14-25-22(30)32-23(3,4)5)20(28)24(6,7)21(29)31-15-17-12-10-9-11-13-17;1-9-7-8-5-3-2-4-6-8/h9-13,16,19H,8,14-15H2,1-7H3,(H,25,30)(H,26,27);2-6H,7H2,1H3. The zero-order valence-electron chi connectivity index (χ0n) is 25.6. The van der Waals surface area contributed by atoms with E-state index in [2.05, 4.69) is 10.6 Å². The summed E-state index contributed by atoms with van der Waals surface area (Å²) in [6.45, 7) is 12.2. The molecule has 41 heavy (non-hydrogen) atoms. The van der Waals surface area contributed by atoms with Crippen LogP contribution in [0.1, 0.15) is 66.0 Å². The van der Waals surface area contributed by atoms with Crippen LogP contribution in [-0.4, -0.2) is 49.1 Å². The molecule has 2 unspecified atom stereocenters. The van der Waals surface area contributed by atoms with Crippen LogP contribution in [-0.2, 0) is 41.8 Å². The second-order valence-electron chi connectivity index (χ2n) is 11.3. The molecule has 2 rings (SSSR count). The van der Waals surface area contributed by atoms with E-state index in [4.69, 9.17) is 14.2 Å². The van der Waals surface area contributed by atoms with Crippen LogP contribution in [0, 0.1) is 11.3 Å². The largest absolute Gasteiger partial charge is 0.460 e. The van der Waals surface area contributed by atoms with E-state index in [0.717, 1.165) is 5.56 Å². The van der Waals surface area contributed by atoms with Gasteiger partial charge in [0.1, 0.15) is 24.2 Å². The molecular weight excluding hydrogens is 524 g/mol. The Bertz CT molecular complexity index is 1100. The van der Waals surface area contributed by atoms with Crippen LogP contribution in [0.2, 0.25) is 0 Å². The Morgan fingerprint density at radius 1 is 0.829 bits per heavy atom. The highest BCUT2D eigenvalue weighted by Gasteiger charge is 2.43. The molecule has 2 N–H and O–H groups in total. The number of carbonyl (C=O) groups excluding carboxylic acids is 4. The molecule has 2 amide bonds. The van der Waals surface area contributed by atoms with Crippen molar-refractivity contribution in [2.24, 2.45) is 11.3 Å². The summed E-state index contributed by atoms with van der Waals surface area (Å²) in [6, 6.07) is 18.4. The number of benzene rings is 2. The summed E-state index contributed by atoms with van der Waals surface area (Å²) in [5.74, 6) is -1.89. The first kappa shape index (κ1) is 35.3. The van der Waals surface area contributed by atoms with Crippen LogP contribution in [0.3, 0.4) is 0 Å². The molecule has 0 radical (unpaired) electrons. The summed E-state index contributed by atoms with van der Waals surface area (Å²) < 4.78 is 15.4. The van der Waals surface area contributed by atoms with Crippen molar-refractivity contribution in [2.75, 3.05) is 13.7 Å². The number of Topliss-reactive ketones (excluding diaryl/α,β-unsaturated/α-hetero) is 1. The summed E-state index contributed by atoms with van der Waals surface area (Å²) in [4.78, 5) is 50.1. The average molecular weight is 571 g/mol. The molecule has 226 valence electrons. The Morgan fingerprint density at radius 3 is 1.80 bits per heavy atom. The van der Waals surface area contributed by atoms with Crippen molar-refractivity contribution in [1.29, 1.82) is 0 Å². The first-order valence-corrected chi connectivity index (χ1v) is 13.8. The summed E-state index contributed by atoms with van der Waals surface area (Å²) in [6.07, 6.45) is -0.130. The van der Waals surface area contributed by atoms with Crippen molar-refractivity contribution in [2.45, 2.75) is 79.7 Å². The molecule has 0 aromatic heterocycles. The summed E-state index contributed by atoms with van der Waals surface area (Å²) >= 11 is 0. The molecule has 0 heterocycles. The van der Waals surface area contributed by atoms with Gasteiger partial charge in [-0.3, -0.25) is 14.4 Å². The van der Waals surface area contributed by atoms with Crippen molar-refractivity contribution in [3.63, 3.8) is 0 Å². The lowest BCUT2D eigenvalue weighted by molar-refractivity contribution is -0.161. The Morgan fingerprint density at radius 2 is 1.34 bits per heavy atom. The Labute approximate surface area is 244 Å². The van der Waals surface area contributed by atoms with Crippen LogP contribution in [0.15, 0.2) is 60.7 Å². The number of hydrogen-bond acceptors (Lipinski definition) is 7. The van der Waals surface area contributed by atoms with Gasteiger partial charge in [-0.1, -0.05) is 80.9 Å². The van der Waals surface area contributed by atoms with Crippen LogP contribution >= 0.6 is 0 Å². The quantitative estimate of drug-likeness (QED) is 0.265. The lowest BCUT2D eigenvalue weighted by Crippen LogP contribution is -2.54. The minimum Gasteiger partial charge on any atom is -0.460 e. The molecule has 9 heteroatoms. The van der Waals surface area contributed by atoms with Gasteiger partial charge in [0, 0.05) is 7.11 Å². The van der Waals surface area contributed by atoms with E-state index < -0.39 is 40.8 Å². The van der Waals surface area contributed by atoms with Crippen LogP contribution in [0.25, 0.3) is 0 Å².